The topological polar surface area (TPSA) is 38.1 Å². The van der Waals surface area contributed by atoms with Crippen molar-refractivity contribution in [1.82, 2.24) is 14.7 Å². The van der Waals surface area contributed by atoms with Gasteiger partial charge in [-0.3, -0.25) is 4.79 Å². The van der Waals surface area contributed by atoms with Crippen LogP contribution in [-0.2, 0) is 17.8 Å². The second kappa shape index (κ2) is 7.34. The molecule has 4 heteroatoms. The van der Waals surface area contributed by atoms with Gasteiger partial charge >= 0.3 is 0 Å². The molecule has 1 amide bonds. The molecule has 0 bridgehead atoms. The van der Waals surface area contributed by atoms with Crippen LogP contribution in [0, 0.1) is 13.8 Å². The summed E-state index contributed by atoms with van der Waals surface area (Å²) in [6, 6.07) is 16.1. The number of aromatic nitrogens is 2. The molecule has 0 aliphatic rings. The molecule has 0 N–H and O–H groups in total. The average Bonchev–Trinajstić information content (AvgIpc) is 3.07. The molecule has 4 nitrogen and oxygen atoms in total. The first-order chi connectivity index (χ1) is 12.0. The summed E-state index contributed by atoms with van der Waals surface area (Å²) in [6.07, 6.45) is 4.20. The van der Waals surface area contributed by atoms with Crippen LogP contribution in [0.2, 0.25) is 0 Å². The lowest BCUT2D eigenvalue weighted by atomic mass is 10.0. The van der Waals surface area contributed by atoms with E-state index in [0.717, 1.165) is 16.8 Å². The number of hydrogen-bond acceptors (Lipinski definition) is 2. The van der Waals surface area contributed by atoms with Crippen molar-refractivity contribution in [3.8, 4) is 5.69 Å². The fraction of sp³-hybridized carbons (Fsp3) is 0.238. The molecule has 25 heavy (non-hydrogen) atoms. The molecule has 0 atom stereocenters. The standard InChI is InChI=1S/C21H23N3O/c1-16-9-10-18(11-17(16)2)12-21(25)23(3)14-19-13-22-24(15-19)20-7-5-4-6-8-20/h4-11,13,15H,12,14H2,1-3H3. The Morgan fingerprint density at radius 1 is 1.04 bits per heavy atom. The van der Waals surface area contributed by atoms with Crippen LogP contribution in [0.5, 0.6) is 0 Å². The normalized spacial score (nSPS) is 10.7. The predicted octanol–water partition coefficient (Wildman–Crippen LogP) is 3.69. The van der Waals surface area contributed by atoms with E-state index < -0.39 is 0 Å². The molecule has 0 aliphatic heterocycles. The first kappa shape index (κ1) is 17.0. The summed E-state index contributed by atoms with van der Waals surface area (Å²) in [5.74, 6) is 0.107. The minimum absolute atomic E-state index is 0.107. The Morgan fingerprint density at radius 2 is 1.80 bits per heavy atom. The fourth-order valence-corrected chi connectivity index (χ4v) is 2.75. The summed E-state index contributed by atoms with van der Waals surface area (Å²) in [4.78, 5) is 14.2. The highest BCUT2D eigenvalue weighted by Gasteiger charge is 2.12. The Balaban J connectivity index is 1.63. The smallest absolute Gasteiger partial charge is 0.227 e. The Kier molecular flexibility index (Phi) is 4.98. The highest BCUT2D eigenvalue weighted by molar-refractivity contribution is 5.78. The van der Waals surface area contributed by atoms with Gasteiger partial charge in [0.1, 0.15) is 0 Å². The molecule has 3 rings (SSSR count). The maximum atomic E-state index is 12.5. The van der Waals surface area contributed by atoms with Crippen LogP contribution in [0.1, 0.15) is 22.3 Å². The lowest BCUT2D eigenvalue weighted by Gasteiger charge is -2.16. The quantitative estimate of drug-likeness (QED) is 0.714. The summed E-state index contributed by atoms with van der Waals surface area (Å²) in [7, 11) is 1.84. The minimum Gasteiger partial charge on any atom is -0.341 e. The van der Waals surface area contributed by atoms with E-state index in [2.05, 4.69) is 31.1 Å². The number of likely N-dealkylation sites (N-methyl/N-ethyl adjacent to an activating group) is 1. The van der Waals surface area contributed by atoms with Gasteiger partial charge in [-0.2, -0.15) is 5.10 Å². The van der Waals surface area contributed by atoms with E-state index in [9.17, 15) is 4.79 Å². The first-order valence-corrected chi connectivity index (χ1v) is 8.42. The van der Waals surface area contributed by atoms with Crippen LogP contribution in [0.15, 0.2) is 60.9 Å². The van der Waals surface area contributed by atoms with E-state index in [-0.39, 0.29) is 5.91 Å². The van der Waals surface area contributed by atoms with Gasteiger partial charge in [-0.1, -0.05) is 36.4 Å². The third-order valence-electron chi connectivity index (χ3n) is 4.43. The van der Waals surface area contributed by atoms with Gasteiger partial charge < -0.3 is 4.90 Å². The van der Waals surface area contributed by atoms with E-state index in [1.54, 1.807) is 4.90 Å². The third-order valence-corrected chi connectivity index (χ3v) is 4.43. The number of benzene rings is 2. The zero-order valence-corrected chi connectivity index (χ0v) is 14.9. The van der Waals surface area contributed by atoms with Crippen molar-refractivity contribution in [2.24, 2.45) is 0 Å². The van der Waals surface area contributed by atoms with Gasteiger partial charge in [-0.25, -0.2) is 4.68 Å². The summed E-state index contributed by atoms with van der Waals surface area (Å²) in [5.41, 5.74) is 5.55. The maximum absolute atomic E-state index is 12.5. The SMILES string of the molecule is Cc1ccc(CC(=O)N(C)Cc2cnn(-c3ccccc3)c2)cc1C. The molecule has 0 fully saturated rings. The zero-order valence-electron chi connectivity index (χ0n) is 14.9. The van der Waals surface area contributed by atoms with Crippen LogP contribution < -0.4 is 0 Å². The number of aryl methyl sites for hydroxylation is 2. The largest absolute Gasteiger partial charge is 0.341 e. The number of para-hydroxylation sites is 1. The second-order valence-corrected chi connectivity index (χ2v) is 6.47. The molecule has 0 saturated carbocycles. The van der Waals surface area contributed by atoms with E-state index in [1.807, 2.05) is 60.5 Å². The monoisotopic (exact) mass is 333 g/mol. The maximum Gasteiger partial charge on any atom is 0.227 e. The number of hydrogen-bond donors (Lipinski definition) is 0. The van der Waals surface area contributed by atoms with Gasteiger partial charge in [0.2, 0.25) is 5.91 Å². The number of nitrogens with zero attached hydrogens (tertiary/aromatic N) is 3. The predicted molar refractivity (Wildman–Crippen MR) is 99.7 cm³/mol. The molecule has 128 valence electrons. The van der Waals surface area contributed by atoms with E-state index in [1.165, 1.54) is 11.1 Å². The molecular weight excluding hydrogens is 310 g/mol. The third kappa shape index (κ3) is 4.15. The first-order valence-electron chi connectivity index (χ1n) is 8.42. The van der Waals surface area contributed by atoms with Crippen molar-refractivity contribution in [3.05, 3.63) is 83.2 Å². The molecular formula is C21H23N3O. The van der Waals surface area contributed by atoms with Crippen molar-refractivity contribution >= 4 is 5.91 Å². The average molecular weight is 333 g/mol. The lowest BCUT2D eigenvalue weighted by Crippen LogP contribution is -2.27. The summed E-state index contributed by atoms with van der Waals surface area (Å²) in [5, 5.41) is 4.38. The molecule has 0 aliphatic carbocycles. The molecule has 3 aromatic rings. The highest BCUT2D eigenvalue weighted by Crippen LogP contribution is 2.13. The van der Waals surface area contributed by atoms with Crippen molar-refractivity contribution < 1.29 is 4.79 Å². The van der Waals surface area contributed by atoms with Crippen molar-refractivity contribution in [2.75, 3.05) is 7.05 Å². The van der Waals surface area contributed by atoms with Gasteiger partial charge in [0.05, 0.1) is 18.3 Å². The number of rotatable bonds is 5. The van der Waals surface area contributed by atoms with Gasteiger partial charge in [0.25, 0.3) is 0 Å². The minimum atomic E-state index is 0.107. The van der Waals surface area contributed by atoms with Crippen LogP contribution in [0.25, 0.3) is 5.69 Å². The van der Waals surface area contributed by atoms with Gasteiger partial charge in [-0.05, 0) is 42.7 Å². The lowest BCUT2D eigenvalue weighted by molar-refractivity contribution is -0.129. The number of carbonyl (C=O) groups is 1. The second-order valence-electron chi connectivity index (χ2n) is 6.47. The zero-order chi connectivity index (χ0) is 17.8. The van der Waals surface area contributed by atoms with E-state index >= 15 is 0 Å². The summed E-state index contributed by atoms with van der Waals surface area (Å²) >= 11 is 0. The molecule has 0 spiro atoms. The number of amides is 1. The Bertz CT molecular complexity index is 868. The van der Waals surface area contributed by atoms with Crippen LogP contribution >= 0.6 is 0 Å². The van der Waals surface area contributed by atoms with Gasteiger partial charge in [-0.15, -0.1) is 0 Å². The molecule has 2 aromatic carbocycles. The fourth-order valence-electron chi connectivity index (χ4n) is 2.75. The molecule has 1 aromatic heterocycles. The van der Waals surface area contributed by atoms with Crippen molar-refractivity contribution in [3.63, 3.8) is 0 Å². The Hall–Kier alpha value is -2.88. The van der Waals surface area contributed by atoms with Crippen molar-refractivity contribution in [2.45, 2.75) is 26.8 Å². The highest BCUT2D eigenvalue weighted by atomic mass is 16.2. The van der Waals surface area contributed by atoms with Crippen LogP contribution in [0.3, 0.4) is 0 Å². The Morgan fingerprint density at radius 3 is 2.52 bits per heavy atom. The molecule has 0 unspecified atom stereocenters. The van der Waals surface area contributed by atoms with Crippen LogP contribution in [-0.4, -0.2) is 27.6 Å². The molecule has 1 heterocycles. The van der Waals surface area contributed by atoms with E-state index in [0.29, 0.717) is 13.0 Å². The Labute approximate surface area is 148 Å². The summed E-state index contributed by atoms with van der Waals surface area (Å²) in [6.45, 7) is 4.71. The summed E-state index contributed by atoms with van der Waals surface area (Å²) < 4.78 is 1.83. The van der Waals surface area contributed by atoms with Gasteiger partial charge in [0, 0.05) is 25.4 Å². The van der Waals surface area contributed by atoms with Crippen molar-refractivity contribution in [1.29, 1.82) is 0 Å². The number of carbonyl (C=O) groups excluding carboxylic acids is 1. The van der Waals surface area contributed by atoms with Gasteiger partial charge in [0.15, 0.2) is 0 Å². The molecule has 0 radical (unpaired) electrons. The molecule has 0 saturated heterocycles. The van der Waals surface area contributed by atoms with Crippen LogP contribution in [0.4, 0.5) is 0 Å². The van der Waals surface area contributed by atoms with E-state index in [4.69, 9.17) is 0 Å².